The standard InChI is InChI=1S/C17H23N3O2S/c1-17(2,3)22-16(21)20-9-5-4-6-14(20)12-23-15-10-13(11-18)7-8-19-15/h7-8,10,14H,4-6,9,12H2,1-3H3/t14-/m0/s1. The summed E-state index contributed by atoms with van der Waals surface area (Å²) in [6.07, 6.45) is 4.53. The van der Waals surface area contributed by atoms with Gasteiger partial charge in [-0.25, -0.2) is 9.78 Å². The molecule has 1 aliphatic heterocycles. The molecule has 0 N–H and O–H groups in total. The van der Waals surface area contributed by atoms with Crippen LogP contribution in [0, 0.1) is 11.3 Å². The van der Waals surface area contributed by atoms with Crippen LogP contribution in [0.3, 0.4) is 0 Å². The molecule has 0 radical (unpaired) electrons. The van der Waals surface area contributed by atoms with Gasteiger partial charge in [0.05, 0.1) is 16.7 Å². The maximum atomic E-state index is 12.4. The molecule has 1 aliphatic rings. The van der Waals surface area contributed by atoms with Crippen LogP contribution in [0.15, 0.2) is 23.4 Å². The van der Waals surface area contributed by atoms with E-state index >= 15 is 0 Å². The summed E-state index contributed by atoms with van der Waals surface area (Å²) in [6.45, 7) is 6.40. The molecular weight excluding hydrogens is 310 g/mol. The molecule has 1 amide bonds. The largest absolute Gasteiger partial charge is 0.444 e. The Morgan fingerprint density at radius 1 is 1.52 bits per heavy atom. The van der Waals surface area contributed by atoms with E-state index in [0.29, 0.717) is 5.56 Å². The van der Waals surface area contributed by atoms with Gasteiger partial charge in [0.2, 0.25) is 0 Å². The molecule has 1 fully saturated rings. The number of rotatable bonds is 3. The van der Waals surface area contributed by atoms with Crippen molar-refractivity contribution in [3.05, 3.63) is 23.9 Å². The Labute approximate surface area is 142 Å². The summed E-state index contributed by atoms with van der Waals surface area (Å²) in [7, 11) is 0. The maximum absolute atomic E-state index is 12.4. The fourth-order valence-electron chi connectivity index (χ4n) is 2.47. The zero-order chi connectivity index (χ0) is 16.9. The van der Waals surface area contributed by atoms with Crippen molar-refractivity contribution in [2.75, 3.05) is 12.3 Å². The summed E-state index contributed by atoms with van der Waals surface area (Å²) in [5.74, 6) is 0.765. The Bertz CT molecular complexity index is 592. The van der Waals surface area contributed by atoms with Crippen molar-refractivity contribution in [1.29, 1.82) is 5.26 Å². The molecule has 23 heavy (non-hydrogen) atoms. The van der Waals surface area contributed by atoms with Crippen LogP contribution in [-0.2, 0) is 4.74 Å². The Hall–Kier alpha value is -1.74. The number of aromatic nitrogens is 1. The van der Waals surface area contributed by atoms with Crippen LogP contribution in [0.5, 0.6) is 0 Å². The average molecular weight is 333 g/mol. The number of piperidine rings is 1. The molecular formula is C17H23N3O2S. The second-order valence-electron chi connectivity index (χ2n) is 6.63. The molecule has 5 nitrogen and oxygen atoms in total. The monoisotopic (exact) mass is 333 g/mol. The van der Waals surface area contributed by atoms with Crippen molar-refractivity contribution in [1.82, 2.24) is 9.88 Å². The Morgan fingerprint density at radius 2 is 2.30 bits per heavy atom. The van der Waals surface area contributed by atoms with Crippen LogP contribution in [0.25, 0.3) is 0 Å². The van der Waals surface area contributed by atoms with Crippen LogP contribution in [0.2, 0.25) is 0 Å². The second kappa shape index (κ2) is 7.69. The Balaban J connectivity index is 1.98. The van der Waals surface area contributed by atoms with Gasteiger partial charge >= 0.3 is 6.09 Å². The van der Waals surface area contributed by atoms with Gasteiger partial charge in [-0.05, 0) is 52.2 Å². The van der Waals surface area contributed by atoms with E-state index in [9.17, 15) is 4.79 Å². The van der Waals surface area contributed by atoms with Crippen molar-refractivity contribution in [2.45, 2.75) is 56.7 Å². The van der Waals surface area contributed by atoms with E-state index in [1.165, 1.54) is 0 Å². The van der Waals surface area contributed by atoms with Crippen molar-refractivity contribution >= 4 is 17.9 Å². The van der Waals surface area contributed by atoms with Gasteiger partial charge in [0, 0.05) is 24.5 Å². The third-order valence-electron chi connectivity index (χ3n) is 3.54. The molecule has 2 rings (SSSR count). The summed E-state index contributed by atoms with van der Waals surface area (Å²) >= 11 is 1.58. The first kappa shape index (κ1) is 17.6. The van der Waals surface area contributed by atoms with Crippen LogP contribution in [0.1, 0.15) is 45.6 Å². The lowest BCUT2D eigenvalue weighted by molar-refractivity contribution is 0.0126. The van der Waals surface area contributed by atoms with Crippen molar-refractivity contribution in [2.24, 2.45) is 0 Å². The van der Waals surface area contributed by atoms with Gasteiger partial charge in [-0.1, -0.05) is 0 Å². The number of thioether (sulfide) groups is 1. The molecule has 0 bridgehead atoms. The van der Waals surface area contributed by atoms with Gasteiger partial charge in [-0.3, -0.25) is 0 Å². The number of likely N-dealkylation sites (tertiary alicyclic amines) is 1. The number of hydrogen-bond donors (Lipinski definition) is 0. The first-order valence-electron chi connectivity index (χ1n) is 7.87. The molecule has 1 aromatic heterocycles. The zero-order valence-corrected chi connectivity index (χ0v) is 14.7. The predicted octanol–water partition coefficient (Wildman–Crippen LogP) is 3.83. The molecule has 1 aromatic rings. The normalized spacial score (nSPS) is 18.3. The number of amides is 1. The molecule has 0 spiro atoms. The highest BCUT2D eigenvalue weighted by molar-refractivity contribution is 7.99. The first-order valence-corrected chi connectivity index (χ1v) is 8.86. The number of ether oxygens (including phenoxy) is 1. The number of pyridine rings is 1. The highest BCUT2D eigenvalue weighted by atomic mass is 32.2. The van der Waals surface area contributed by atoms with Crippen molar-refractivity contribution < 1.29 is 9.53 Å². The molecule has 2 heterocycles. The van der Waals surface area contributed by atoms with Crippen LogP contribution < -0.4 is 0 Å². The number of carbonyl (C=O) groups is 1. The van der Waals surface area contributed by atoms with Gasteiger partial charge in [0.1, 0.15) is 5.60 Å². The number of carbonyl (C=O) groups excluding carboxylic acids is 1. The molecule has 124 valence electrons. The van der Waals surface area contributed by atoms with E-state index in [-0.39, 0.29) is 12.1 Å². The third kappa shape index (κ3) is 5.43. The number of nitrogens with zero attached hydrogens (tertiary/aromatic N) is 3. The van der Waals surface area contributed by atoms with Gasteiger partial charge in [0.25, 0.3) is 0 Å². The smallest absolute Gasteiger partial charge is 0.410 e. The minimum absolute atomic E-state index is 0.149. The first-order chi connectivity index (χ1) is 10.9. The molecule has 0 unspecified atom stereocenters. The van der Waals surface area contributed by atoms with E-state index in [1.807, 2.05) is 25.7 Å². The predicted molar refractivity (Wildman–Crippen MR) is 90.3 cm³/mol. The van der Waals surface area contributed by atoms with Crippen molar-refractivity contribution in [3.63, 3.8) is 0 Å². The van der Waals surface area contributed by atoms with Crippen LogP contribution in [-0.4, -0.2) is 39.9 Å². The molecule has 0 saturated carbocycles. The molecule has 0 aromatic carbocycles. The Kier molecular flexibility index (Phi) is 5.89. The SMILES string of the molecule is CC(C)(C)OC(=O)N1CCCC[C@H]1CSc1cc(C#N)ccn1. The summed E-state index contributed by atoms with van der Waals surface area (Å²) in [5, 5.41) is 9.76. The highest BCUT2D eigenvalue weighted by Gasteiger charge is 2.30. The fourth-order valence-corrected chi connectivity index (χ4v) is 3.53. The van der Waals surface area contributed by atoms with Gasteiger partial charge in [-0.2, -0.15) is 5.26 Å². The summed E-state index contributed by atoms with van der Waals surface area (Å²) in [5.41, 5.74) is 0.129. The number of nitriles is 1. The average Bonchev–Trinajstić information content (AvgIpc) is 2.52. The summed E-state index contributed by atoms with van der Waals surface area (Å²) in [4.78, 5) is 18.5. The summed E-state index contributed by atoms with van der Waals surface area (Å²) in [6, 6.07) is 5.74. The Morgan fingerprint density at radius 3 is 3.00 bits per heavy atom. The molecule has 0 aliphatic carbocycles. The third-order valence-corrected chi connectivity index (χ3v) is 4.61. The zero-order valence-electron chi connectivity index (χ0n) is 13.9. The highest BCUT2D eigenvalue weighted by Crippen LogP contribution is 2.26. The lowest BCUT2D eigenvalue weighted by atomic mass is 10.0. The lowest BCUT2D eigenvalue weighted by Gasteiger charge is -2.36. The van der Waals surface area contributed by atoms with E-state index in [0.717, 1.165) is 36.6 Å². The van der Waals surface area contributed by atoms with Gasteiger partial charge < -0.3 is 9.64 Å². The van der Waals surface area contributed by atoms with Crippen molar-refractivity contribution in [3.8, 4) is 6.07 Å². The van der Waals surface area contributed by atoms with E-state index in [2.05, 4.69) is 11.1 Å². The second-order valence-corrected chi connectivity index (χ2v) is 7.67. The van der Waals surface area contributed by atoms with Crippen LogP contribution in [0.4, 0.5) is 4.79 Å². The topological polar surface area (TPSA) is 66.2 Å². The van der Waals surface area contributed by atoms with Gasteiger partial charge in [-0.15, -0.1) is 11.8 Å². The minimum atomic E-state index is -0.477. The lowest BCUT2D eigenvalue weighted by Crippen LogP contribution is -2.47. The minimum Gasteiger partial charge on any atom is -0.444 e. The molecule has 1 saturated heterocycles. The number of hydrogen-bond acceptors (Lipinski definition) is 5. The van der Waals surface area contributed by atoms with Crippen LogP contribution >= 0.6 is 11.8 Å². The van der Waals surface area contributed by atoms with E-state index < -0.39 is 5.60 Å². The molecule has 1 atom stereocenters. The molecule has 6 heteroatoms. The summed E-state index contributed by atoms with van der Waals surface area (Å²) < 4.78 is 5.52. The van der Waals surface area contributed by atoms with E-state index in [4.69, 9.17) is 10.00 Å². The van der Waals surface area contributed by atoms with E-state index in [1.54, 1.807) is 30.1 Å². The maximum Gasteiger partial charge on any atom is 0.410 e. The fraction of sp³-hybridized carbons (Fsp3) is 0.588. The quantitative estimate of drug-likeness (QED) is 0.786. The van der Waals surface area contributed by atoms with Gasteiger partial charge in [0.15, 0.2) is 0 Å².